The molecule has 0 bridgehead atoms. The van der Waals surface area contributed by atoms with Gasteiger partial charge >= 0.3 is 5.63 Å². The molecule has 44 heavy (non-hydrogen) atoms. The summed E-state index contributed by atoms with van der Waals surface area (Å²) in [6.07, 6.45) is 0. The SMILES string of the molecule is CCN(CC)c1ccc2c(-c3ccccc3C)c(-c3nc4ccccc4s3)c(=O)oc2c1.O=COc1ccc([N+](=O)[O-])cc1. The zero-order valence-electron chi connectivity index (χ0n) is 24.4. The first kappa shape index (κ1) is 30.1. The van der Waals surface area contributed by atoms with Crippen LogP contribution in [0.4, 0.5) is 11.4 Å². The Morgan fingerprint density at radius 2 is 1.66 bits per heavy atom. The van der Waals surface area contributed by atoms with E-state index in [1.807, 2.05) is 42.5 Å². The minimum Gasteiger partial charge on any atom is -0.429 e. The summed E-state index contributed by atoms with van der Waals surface area (Å²) in [6, 6.07) is 27.5. The van der Waals surface area contributed by atoms with E-state index in [0.29, 0.717) is 16.2 Å². The van der Waals surface area contributed by atoms with Crippen molar-refractivity contribution in [3.63, 3.8) is 0 Å². The standard InChI is InChI=1S/C27H24N2O2S.C7H5NO4/c1-4-29(5-2)18-14-15-20-22(16-18)31-27(30)25(24(20)19-11-7-6-10-17(19)3)26-28-21-12-8-9-13-23(21)32-26;9-5-12-7-3-1-6(2-4-7)8(10)11/h6-16H,4-5H2,1-3H3;1-5H. The largest absolute Gasteiger partial charge is 0.429 e. The molecule has 0 N–H and O–H groups in total. The van der Waals surface area contributed by atoms with Crippen LogP contribution in [-0.2, 0) is 4.79 Å². The summed E-state index contributed by atoms with van der Waals surface area (Å²) in [5, 5.41) is 11.8. The van der Waals surface area contributed by atoms with Crippen LogP contribution >= 0.6 is 11.3 Å². The molecule has 6 aromatic rings. The number of fused-ring (bicyclic) bond motifs is 2. The van der Waals surface area contributed by atoms with E-state index in [1.165, 1.54) is 35.6 Å². The monoisotopic (exact) mass is 607 g/mol. The third-order valence-electron chi connectivity index (χ3n) is 7.17. The van der Waals surface area contributed by atoms with Crippen LogP contribution in [0.1, 0.15) is 19.4 Å². The summed E-state index contributed by atoms with van der Waals surface area (Å²) in [4.78, 5) is 39.9. The lowest BCUT2D eigenvalue weighted by atomic mass is 9.94. The first-order chi connectivity index (χ1) is 21.3. The van der Waals surface area contributed by atoms with Crippen molar-refractivity contribution in [1.29, 1.82) is 0 Å². The van der Waals surface area contributed by atoms with Gasteiger partial charge in [0.05, 0.1) is 15.1 Å². The molecular weight excluding hydrogens is 578 g/mol. The molecule has 0 saturated carbocycles. The summed E-state index contributed by atoms with van der Waals surface area (Å²) >= 11 is 1.52. The Morgan fingerprint density at radius 1 is 0.955 bits per heavy atom. The molecular formula is C34H29N3O6S. The molecule has 10 heteroatoms. The van der Waals surface area contributed by atoms with Crippen molar-refractivity contribution < 1.29 is 18.9 Å². The number of hydrogen-bond donors (Lipinski definition) is 0. The molecule has 0 saturated heterocycles. The normalized spacial score (nSPS) is 10.7. The fraction of sp³-hybridized carbons (Fsp3) is 0.147. The molecule has 2 heterocycles. The maximum Gasteiger partial charge on any atom is 0.347 e. The van der Waals surface area contributed by atoms with E-state index in [-0.39, 0.29) is 23.5 Å². The van der Waals surface area contributed by atoms with Gasteiger partial charge in [0.25, 0.3) is 12.2 Å². The Kier molecular flexibility index (Phi) is 9.11. The minimum absolute atomic E-state index is 0.0340. The Bertz CT molecular complexity index is 1980. The van der Waals surface area contributed by atoms with E-state index >= 15 is 0 Å². The van der Waals surface area contributed by atoms with E-state index in [2.05, 4.69) is 54.7 Å². The van der Waals surface area contributed by atoms with Crippen LogP contribution in [0.25, 0.3) is 42.9 Å². The van der Waals surface area contributed by atoms with Gasteiger partial charge in [-0.25, -0.2) is 9.78 Å². The molecule has 0 aliphatic heterocycles. The molecule has 0 aliphatic carbocycles. The number of aryl methyl sites for hydroxylation is 1. The van der Waals surface area contributed by atoms with E-state index in [4.69, 9.17) is 9.40 Å². The first-order valence-electron chi connectivity index (χ1n) is 14.0. The van der Waals surface area contributed by atoms with Gasteiger partial charge in [0.15, 0.2) is 0 Å². The number of rotatable bonds is 8. The highest BCUT2D eigenvalue weighted by Gasteiger charge is 2.22. The van der Waals surface area contributed by atoms with Crippen molar-refractivity contribution in [2.24, 2.45) is 0 Å². The quantitative estimate of drug-likeness (QED) is 0.0739. The van der Waals surface area contributed by atoms with Gasteiger partial charge in [-0.2, -0.15) is 0 Å². The predicted molar refractivity (Wildman–Crippen MR) is 175 cm³/mol. The minimum atomic E-state index is -0.523. The number of nitro benzene ring substituents is 1. The van der Waals surface area contributed by atoms with Gasteiger partial charge in [0.1, 0.15) is 21.9 Å². The van der Waals surface area contributed by atoms with Crippen molar-refractivity contribution >= 4 is 50.4 Å². The van der Waals surface area contributed by atoms with Gasteiger partial charge in [-0.1, -0.05) is 36.4 Å². The number of non-ortho nitro benzene ring substituents is 1. The molecule has 222 valence electrons. The Labute approximate surface area is 257 Å². The first-order valence-corrected chi connectivity index (χ1v) is 14.8. The van der Waals surface area contributed by atoms with Crippen molar-refractivity contribution in [2.45, 2.75) is 20.8 Å². The summed E-state index contributed by atoms with van der Waals surface area (Å²) < 4.78 is 11.4. The number of ether oxygens (including phenoxy) is 1. The Balaban J connectivity index is 0.000000270. The average molecular weight is 608 g/mol. The maximum absolute atomic E-state index is 13.4. The van der Waals surface area contributed by atoms with Crippen LogP contribution in [0, 0.1) is 17.0 Å². The molecule has 0 unspecified atom stereocenters. The lowest BCUT2D eigenvalue weighted by Crippen LogP contribution is -2.21. The lowest BCUT2D eigenvalue weighted by molar-refractivity contribution is -0.384. The molecule has 0 atom stereocenters. The van der Waals surface area contributed by atoms with Gasteiger partial charge in [0, 0.05) is 47.9 Å². The molecule has 0 radical (unpaired) electrons. The summed E-state index contributed by atoms with van der Waals surface area (Å²) in [5.41, 5.74) is 5.70. The zero-order chi connectivity index (χ0) is 31.2. The topological polar surface area (TPSA) is 116 Å². The fourth-order valence-corrected chi connectivity index (χ4v) is 5.99. The van der Waals surface area contributed by atoms with Crippen molar-refractivity contribution in [3.8, 4) is 27.4 Å². The van der Waals surface area contributed by atoms with Crippen LogP contribution in [0.15, 0.2) is 100 Å². The van der Waals surface area contributed by atoms with Gasteiger partial charge in [-0.05, 0) is 68.3 Å². The fourth-order valence-electron chi connectivity index (χ4n) is 4.98. The number of para-hydroxylation sites is 1. The molecule has 4 aromatic carbocycles. The second-order valence-corrected chi connectivity index (χ2v) is 10.8. The molecule has 2 aromatic heterocycles. The Hall–Kier alpha value is -5.35. The number of anilines is 1. The van der Waals surface area contributed by atoms with E-state index < -0.39 is 4.92 Å². The molecule has 0 fully saturated rings. The highest BCUT2D eigenvalue weighted by Crippen LogP contribution is 2.40. The van der Waals surface area contributed by atoms with E-state index in [1.54, 1.807) is 0 Å². The maximum atomic E-state index is 13.4. The highest BCUT2D eigenvalue weighted by atomic mass is 32.1. The third-order valence-corrected chi connectivity index (χ3v) is 8.23. The third kappa shape index (κ3) is 6.20. The number of carbonyl (C=O) groups is 1. The number of aromatic nitrogens is 1. The highest BCUT2D eigenvalue weighted by molar-refractivity contribution is 7.21. The van der Waals surface area contributed by atoms with E-state index in [0.717, 1.165) is 51.1 Å². The average Bonchev–Trinajstić information content (AvgIpc) is 3.46. The van der Waals surface area contributed by atoms with Crippen molar-refractivity contribution in [1.82, 2.24) is 4.98 Å². The predicted octanol–water partition coefficient (Wildman–Crippen LogP) is 8.02. The van der Waals surface area contributed by atoms with Gasteiger partial charge < -0.3 is 14.1 Å². The van der Waals surface area contributed by atoms with Gasteiger partial charge in [-0.3, -0.25) is 14.9 Å². The Morgan fingerprint density at radius 3 is 2.32 bits per heavy atom. The number of nitrogens with zero attached hydrogens (tertiary/aromatic N) is 3. The number of hydrogen-bond acceptors (Lipinski definition) is 9. The van der Waals surface area contributed by atoms with Crippen molar-refractivity contribution in [2.75, 3.05) is 18.0 Å². The molecule has 0 spiro atoms. The van der Waals surface area contributed by atoms with Gasteiger partial charge in [0.2, 0.25) is 0 Å². The smallest absolute Gasteiger partial charge is 0.347 e. The van der Waals surface area contributed by atoms with Crippen LogP contribution in [-0.4, -0.2) is 29.5 Å². The van der Waals surface area contributed by atoms with Crippen LogP contribution in [0.2, 0.25) is 0 Å². The summed E-state index contributed by atoms with van der Waals surface area (Å²) in [7, 11) is 0. The summed E-state index contributed by atoms with van der Waals surface area (Å²) in [6.45, 7) is 8.36. The molecule has 9 nitrogen and oxygen atoms in total. The second-order valence-electron chi connectivity index (χ2n) is 9.76. The second kappa shape index (κ2) is 13.3. The zero-order valence-corrected chi connectivity index (χ0v) is 25.2. The van der Waals surface area contributed by atoms with Crippen LogP contribution < -0.4 is 15.3 Å². The molecule has 0 amide bonds. The molecule has 0 aliphatic rings. The number of thiazole rings is 1. The molecule has 6 rings (SSSR count). The number of benzene rings is 4. The van der Waals surface area contributed by atoms with E-state index in [9.17, 15) is 19.7 Å². The number of carbonyl (C=O) groups excluding carboxylic acids is 1. The number of nitro groups is 1. The van der Waals surface area contributed by atoms with Crippen molar-refractivity contribution in [3.05, 3.63) is 117 Å². The van der Waals surface area contributed by atoms with Gasteiger partial charge in [-0.15, -0.1) is 11.3 Å². The van der Waals surface area contributed by atoms with Crippen LogP contribution in [0.3, 0.4) is 0 Å². The summed E-state index contributed by atoms with van der Waals surface area (Å²) in [5.74, 6) is 0.288. The van der Waals surface area contributed by atoms with Crippen LogP contribution in [0.5, 0.6) is 5.75 Å². The lowest BCUT2D eigenvalue weighted by Gasteiger charge is -2.21.